The number of nitrogens with zero attached hydrogens (tertiary/aromatic N) is 3. The Morgan fingerprint density at radius 2 is 1.62 bits per heavy atom. The van der Waals surface area contributed by atoms with Gasteiger partial charge >= 0.3 is 10.2 Å². The molecule has 0 bridgehead atoms. The molecule has 7 nitrogen and oxygen atoms in total. The molecule has 2 N–H and O–H groups in total. The Morgan fingerprint density at radius 1 is 1.00 bits per heavy atom. The van der Waals surface area contributed by atoms with Crippen molar-refractivity contribution in [1.29, 1.82) is 0 Å². The monoisotopic (exact) mass is 307 g/mol. The molecule has 0 amide bonds. The molecule has 0 aliphatic carbocycles. The lowest BCUT2D eigenvalue weighted by atomic mass is 10.2. The number of benzene rings is 1. The molecule has 0 saturated carbocycles. The normalized spacial score (nSPS) is 11.4. The smallest absolute Gasteiger partial charge is 0.302 e. The third-order valence-electron chi connectivity index (χ3n) is 2.70. The minimum atomic E-state index is -3.56. The third-order valence-corrected chi connectivity index (χ3v) is 4.12. The molecule has 0 aliphatic rings. The molecule has 0 spiro atoms. The van der Waals surface area contributed by atoms with Crippen LogP contribution in [0.1, 0.15) is 5.56 Å². The lowest BCUT2D eigenvalue weighted by Crippen LogP contribution is -2.29. The van der Waals surface area contributed by atoms with Crippen molar-refractivity contribution in [1.82, 2.24) is 14.5 Å². The van der Waals surface area contributed by atoms with Crippen molar-refractivity contribution in [3.8, 4) is 0 Å². The van der Waals surface area contributed by atoms with E-state index < -0.39 is 10.2 Å². The first kappa shape index (κ1) is 15.2. The molecule has 1 aromatic carbocycles. The summed E-state index contributed by atoms with van der Waals surface area (Å²) < 4.78 is 26.6. The second-order valence-electron chi connectivity index (χ2n) is 4.53. The van der Waals surface area contributed by atoms with Gasteiger partial charge in [0.1, 0.15) is 5.82 Å². The lowest BCUT2D eigenvalue weighted by Gasteiger charge is -2.12. The summed E-state index contributed by atoms with van der Waals surface area (Å²) in [5, 5.41) is 10.9. The Hall–Kier alpha value is -2.19. The van der Waals surface area contributed by atoms with Crippen LogP contribution >= 0.6 is 0 Å². The maximum absolute atomic E-state index is 11.6. The number of hydrogen-bond acceptors (Lipinski definition) is 5. The minimum absolute atomic E-state index is 0.175. The highest BCUT2D eigenvalue weighted by atomic mass is 32.2. The predicted molar refractivity (Wildman–Crippen MR) is 82.0 cm³/mol. The summed E-state index contributed by atoms with van der Waals surface area (Å²) in [5.41, 5.74) is 1.12. The average Bonchev–Trinajstić information content (AvgIpc) is 2.47. The first-order valence-electron chi connectivity index (χ1n) is 6.29. The summed E-state index contributed by atoms with van der Waals surface area (Å²) in [6.07, 6.45) is 0. The molecule has 0 radical (unpaired) electrons. The van der Waals surface area contributed by atoms with Gasteiger partial charge < -0.3 is 5.32 Å². The Bertz CT molecular complexity index is 671. The van der Waals surface area contributed by atoms with Crippen molar-refractivity contribution in [3.05, 3.63) is 48.0 Å². The van der Waals surface area contributed by atoms with Crippen molar-refractivity contribution < 1.29 is 8.42 Å². The molecular weight excluding hydrogens is 290 g/mol. The average molecular weight is 307 g/mol. The second kappa shape index (κ2) is 6.51. The van der Waals surface area contributed by atoms with Crippen LogP contribution in [0.15, 0.2) is 42.5 Å². The van der Waals surface area contributed by atoms with E-state index in [1.54, 1.807) is 12.1 Å². The van der Waals surface area contributed by atoms with Crippen LogP contribution in [0.4, 0.5) is 11.6 Å². The molecule has 1 aromatic heterocycles. The van der Waals surface area contributed by atoms with E-state index in [1.807, 2.05) is 30.3 Å². The van der Waals surface area contributed by atoms with Crippen molar-refractivity contribution in [2.75, 3.05) is 24.1 Å². The first-order chi connectivity index (χ1) is 9.97. The van der Waals surface area contributed by atoms with Crippen molar-refractivity contribution in [2.45, 2.75) is 6.54 Å². The highest BCUT2D eigenvalue weighted by Crippen LogP contribution is 2.10. The molecule has 2 rings (SSSR count). The molecule has 2 aromatic rings. The third kappa shape index (κ3) is 4.40. The van der Waals surface area contributed by atoms with Crippen LogP contribution in [0, 0.1) is 0 Å². The molecule has 1 heterocycles. The van der Waals surface area contributed by atoms with Gasteiger partial charge in [0.05, 0.1) is 0 Å². The highest BCUT2D eigenvalue weighted by molar-refractivity contribution is 7.90. The quantitative estimate of drug-likeness (QED) is 0.840. The highest BCUT2D eigenvalue weighted by Gasteiger charge is 2.13. The second-order valence-corrected chi connectivity index (χ2v) is 6.42. The van der Waals surface area contributed by atoms with Gasteiger partial charge in [-0.1, -0.05) is 30.3 Å². The SMILES string of the molecule is CN(C)S(=O)(=O)Nc1ccc(NCc2ccccc2)nn1. The molecular formula is C13H17N5O2S. The number of nitrogens with one attached hydrogen (secondary N) is 2. The van der Waals surface area contributed by atoms with Gasteiger partial charge in [-0.3, -0.25) is 4.72 Å². The van der Waals surface area contributed by atoms with Gasteiger partial charge in [0.25, 0.3) is 0 Å². The number of anilines is 2. The van der Waals surface area contributed by atoms with E-state index in [0.29, 0.717) is 12.4 Å². The summed E-state index contributed by atoms with van der Waals surface area (Å²) in [7, 11) is -0.687. The van der Waals surface area contributed by atoms with E-state index in [2.05, 4.69) is 20.2 Å². The van der Waals surface area contributed by atoms with E-state index in [-0.39, 0.29) is 5.82 Å². The molecule has 112 valence electrons. The van der Waals surface area contributed by atoms with Crippen LogP contribution in [0.2, 0.25) is 0 Å². The standard InChI is InChI=1S/C13H17N5O2S/c1-18(2)21(19,20)17-13-9-8-12(15-16-13)14-10-11-6-4-3-5-7-11/h3-9H,10H2,1-2H3,(H,14,15)(H,16,17). The zero-order valence-electron chi connectivity index (χ0n) is 11.8. The van der Waals surface area contributed by atoms with Crippen LogP contribution in [0.5, 0.6) is 0 Å². The lowest BCUT2D eigenvalue weighted by molar-refractivity contribution is 0.526. The fourth-order valence-corrected chi connectivity index (χ4v) is 2.05. The zero-order valence-corrected chi connectivity index (χ0v) is 12.6. The van der Waals surface area contributed by atoms with E-state index in [4.69, 9.17) is 0 Å². The fraction of sp³-hybridized carbons (Fsp3) is 0.231. The van der Waals surface area contributed by atoms with Gasteiger partial charge in [-0.2, -0.15) is 12.7 Å². The Kier molecular flexibility index (Phi) is 4.71. The van der Waals surface area contributed by atoms with E-state index in [1.165, 1.54) is 14.1 Å². The largest absolute Gasteiger partial charge is 0.365 e. The van der Waals surface area contributed by atoms with Crippen molar-refractivity contribution >= 4 is 21.8 Å². The molecule has 0 saturated heterocycles. The van der Waals surface area contributed by atoms with Gasteiger partial charge in [0.2, 0.25) is 0 Å². The Labute approximate surface area is 124 Å². The van der Waals surface area contributed by atoms with Crippen LogP contribution in [-0.2, 0) is 16.8 Å². The van der Waals surface area contributed by atoms with Crippen LogP contribution in [-0.4, -0.2) is 37.0 Å². The Morgan fingerprint density at radius 3 is 2.19 bits per heavy atom. The number of hydrogen-bond donors (Lipinski definition) is 2. The zero-order chi connectivity index (χ0) is 15.3. The van der Waals surface area contributed by atoms with Crippen LogP contribution in [0.3, 0.4) is 0 Å². The molecule has 0 aliphatic heterocycles. The van der Waals surface area contributed by atoms with Gasteiger partial charge in [0.15, 0.2) is 5.82 Å². The summed E-state index contributed by atoms with van der Waals surface area (Å²) in [6, 6.07) is 13.1. The first-order valence-corrected chi connectivity index (χ1v) is 7.73. The Balaban J connectivity index is 1.96. The van der Waals surface area contributed by atoms with E-state index in [0.717, 1.165) is 9.87 Å². The fourth-order valence-electron chi connectivity index (χ4n) is 1.49. The van der Waals surface area contributed by atoms with Crippen LogP contribution < -0.4 is 10.0 Å². The summed E-state index contributed by atoms with van der Waals surface area (Å²) >= 11 is 0. The minimum Gasteiger partial charge on any atom is -0.365 e. The molecule has 0 atom stereocenters. The summed E-state index contributed by atoms with van der Waals surface area (Å²) in [6.45, 7) is 0.623. The number of rotatable bonds is 6. The molecule has 21 heavy (non-hydrogen) atoms. The molecule has 0 fully saturated rings. The van der Waals surface area contributed by atoms with E-state index >= 15 is 0 Å². The summed E-state index contributed by atoms with van der Waals surface area (Å²) in [4.78, 5) is 0. The molecule has 0 unspecified atom stereocenters. The van der Waals surface area contributed by atoms with E-state index in [9.17, 15) is 8.42 Å². The van der Waals surface area contributed by atoms with Crippen molar-refractivity contribution in [2.24, 2.45) is 0 Å². The molecule has 8 heteroatoms. The van der Waals surface area contributed by atoms with Gasteiger partial charge in [-0.15, -0.1) is 10.2 Å². The van der Waals surface area contributed by atoms with Gasteiger partial charge in [0, 0.05) is 20.6 Å². The topological polar surface area (TPSA) is 87.2 Å². The summed E-state index contributed by atoms with van der Waals surface area (Å²) in [5.74, 6) is 0.751. The maximum Gasteiger partial charge on any atom is 0.302 e. The number of aromatic nitrogens is 2. The predicted octanol–water partition coefficient (Wildman–Crippen LogP) is 1.31. The van der Waals surface area contributed by atoms with Crippen LogP contribution in [0.25, 0.3) is 0 Å². The maximum atomic E-state index is 11.6. The van der Waals surface area contributed by atoms with Crippen molar-refractivity contribution in [3.63, 3.8) is 0 Å². The van der Waals surface area contributed by atoms with Gasteiger partial charge in [-0.05, 0) is 17.7 Å². The van der Waals surface area contributed by atoms with Gasteiger partial charge in [-0.25, -0.2) is 0 Å².